The van der Waals surface area contributed by atoms with Crippen LogP contribution in [0.2, 0.25) is 0 Å². The lowest BCUT2D eigenvalue weighted by atomic mass is 9.79. The lowest BCUT2D eigenvalue weighted by molar-refractivity contribution is 0.532. The number of rotatable bonds is 5. The fraction of sp³-hybridized carbons (Fsp3) is 0.455. The molecule has 3 rings (SSSR count). The van der Waals surface area contributed by atoms with E-state index in [0.717, 1.165) is 49.7 Å². The number of hydrogen-bond acceptors (Lipinski definition) is 0. The third-order valence-corrected chi connectivity index (χ3v) is 5.08. The number of aryl methyl sites for hydroxylation is 3. The first-order valence-corrected chi connectivity index (χ1v) is 9.10. The second kappa shape index (κ2) is 7.29. The molecule has 0 aromatic heterocycles. The van der Waals surface area contributed by atoms with Gasteiger partial charge in [-0.3, -0.25) is 0 Å². The first kappa shape index (κ1) is 16.2. The molecule has 0 spiro atoms. The minimum atomic E-state index is -0.00740. The fourth-order valence-electron chi connectivity index (χ4n) is 3.86. The highest BCUT2D eigenvalue weighted by molar-refractivity contribution is 5.38. The highest BCUT2D eigenvalue weighted by Crippen LogP contribution is 2.34. The van der Waals surface area contributed by atoms with E-state index in [1.54, 1.807) is 6.07 Å². The van der Waals surface area contributed by atoms with Gasteiger partial charge in [-0.15, -0.1) is 0 Å². The van der Waals surface area contributed by atoms with Crippen LogP contribution in [0.5, 0.6) is 0 Å². The van der Waals surface area contributed by atoms with E-state index in [9.17, 15) is 4.39 Å². The Kier molecular flexibility index (Phi) is 5.15. The summed E-state index contributed by atoms with van der Waals surface area (Å²) in [6, 6.07) is 12.8. The van der Waals surface area contributed by atoms with E-state index in [4.69, 9.17) is 0 Å². The lowest BCUT2D eigenvalue weighted by Gasteiger charge is -2.26. The van der Waals surface area contributed by atoms with E-state index < -0.39 is 0 Å². The van der Waals surface area contributed by atoms with Crippen molar-refractivity contribution in [2.24, 2.45) is 0 Å². The zero-order valence-electron chi connectivity index (χ0n) is 14.4. The van der Waals surface area contributed by atoms with Crippen LogP contribution in [0.4, 0.5) is 4.39 Å². The molecule has 0 bridgehead atoms. The summed E-state index contributed by atoms with van der Waals surface area (Å²) in [5.74, 6) is 0.321. The summed E-state index contributed by atoms with van der Waals surface area (Å²) in [7, 11) is 0. The molecule has 1 unspecified atom stereocenters. The molecule has 1 atom stereocenters. The van der Waals surface area contributed by atoms with Crippen LogP contribution in [0, 0.1) is 5.82 Å². The van der Waals surface area contributed by atoms with Crippen LogP contribution < -0.4 is 0 Å². The van der Waals surface area contributed by atoms with Crippen molar-refractivity contribution < 1.29 is 4.39 Å². The molecular formula is C22H27F. The molecule has 0 aliphatic heterocycles. The lowest BCUT2D eigenvalue weighted by Crippen LogP contribution is -2.14. The predicted molar refractivity (Wildman–Crippen MR) is 95.6 cm³/mol. The second-order valence-electron chi connectivity index (χ2n) is 6.90. The van der Waals surface area contributed by atoms with E-state index >= 15 is 0 Å². The van der Waals surface area contributed by atoms with Gasteiger partial charge in [-0.1, -0.05) is 57.0 Å². The van der Waals surface area contributed by atoms with Gasteiger partial charge < -0.3 is 0 Å². The third kappa shape index (κ3) is 3.65. The van der Waals surface area contributed by atoms with E-state index in [2.05, 4.69) is 38.1 Å². The Hall–Kier alpha value is -1.63. The van der Waals surface area contributed by atoms with Crippen LogP contribution in [-0.4, -0.2) is 0 Å². The molecular weight excluding hydrogens is 283 g/mol. The minimum Gasteiger partial charge on any atom is -0.207 e. The summed E-state index contributed by atoms with van der Waals surface area (Å²) < 4.78 is 14.5. The van der Waals surface area contributed by atoms with Crippen molar-refractivity contribution in [1.82, 2.24) is 0 Å². The van der Waals surface area contributed by atoms with Gasteiger partial charge in [-0.25, -0.2) is 4.39 Å². The molecule has 1 aliphatic carbocycles. The maximum atomic E-state index is 14.5. The molecule has 1 aliphatic rings. The van der Waals surface area contributed by atoms with Crippen molar-refractivity contribution >= 4 is 0 Å². The maximum absolute atomic E-state index is 14.5. The molecule has 0 amide bonds. The molecule has 0 N–H and O–H groups in total. The van der Waals surface area contributed by atoms with Crippen LogP contribution in [0.15, 0.2) is 36.4 Å². The van der Waals surface area contributed by atoms with Gasteiger partial charge in [0.05, 0.1) is 0 Å². The summed E-state index contributed by atoms with van der Waals surface area (Å²) in [4.78, 5) is 0. The SMILES string of the molecule is CCCc1ccc(C2CCc3cc(CCC)ccc3C2)c(F)c1. The van der Waals surface area contributed by atoms with Gasteiger partial charge in [0.15, 0.2) is 0 Å². The number of fused-ring (bicyclic) bond motifs is 1. The van der Waals surface area contributed by atoms with Gasteiger partial charge in [-0.2, -0.15) is 0 Å². The van der Waals surface area contributed by atoms with Crippen molar-refractivity contribution in [3.05, 3.63) is 70.0 Å². The molecule has 0 nitrogen and oxygen atoms in total. The minimum absolute atomic E-state index is 0.00740. The third-order valence-electron chi connectivity index (χ3n) is 5.08. The molecule has 23 heavy (non-hydrogen) atoms. The molecule has 2 aromatic carbocycles. The number of benzene rings is 2. The molecule has 0 saturated carbocycles. The predicted octanol–water partition coefficient (Wildman–Crippen LogP) is 6.00. The van der Waals surface area contributed by atoms with Crippen molar-refractivity contribution in [3.63, 3.8) is 0 Å². The van der Waals surface area contributed by atoms with Crippen molar-refractivity contribution in [3.8, 4) is 0 Å². The van der Waals surface area contributed by atoms with E-state index in [1.807, 2.05) is 6.07 Å². The smallest absolute Gasteiger partial charge is 0.126 e. The highest BCUT2D eigenvalue weighted by Gasteiger charge is 2.22. The molecule has 2 aromatic rings. The van der Waals surface area contributed by atoms with E-state index in [1.165, 1.54) is 23.1 Å². The average Bonchev–Trinajstić information content (AvgIpc) is 2.55. The monoisotopic (exact) mass is 310 g/mol. The topological polar surface area (TPSA) is 0 Å². The van der Waals surface area contributed by atoms with Crippen molar-refractivity contribution in [2.45, 2.75) is 64.7 Å². The average molecular weight is 310 g/mol. The summed E-state index contributed by atoms with van der Waals surface area (Å²) in [6.07, 6.45) is 7.49. The van der Waals surface area contributed by atoms with Gasteiger partial charge in [0, 0.05) is 0 Å². The molecule has 0 saturated heterocycles. The van der Waals surface area contributed by atoms with Gasteiger partial charge in [0.1, 0.15) is 5.82 Å². The Labute approximate surface area is 139 Å². The van der Waals surface area contributed by atoms with E-state index in [-0.39, 0.29) is 5.82 Å². The zero-order valence-corrected chi connectivity index (χ0v) is 14.4. The quantitative estimate of drug-likeness (QED) is 0.635. The maximum Gasteiger partial charge on any atom is 0.126 e. The Bertz CT molecular complexity index is 672. The van der Waals surface area contributed by atoms with Crippen LogP contribution in [0.1, 0.15) is 66.8 Å². The van der Waals surface area contributed by atoms with E-state index in [0.29, 0.717) is 5.92 Å². The first-order chi connectivity index (χ1) is 11.2. The Morgan fingerprint density at radius 1 is 0.913 bits per heavy atom. The summed E-state index contributed by atoms with van der Waals surface area (Å²) in [5.41, 5.74) is 6.37. The van der Waals surface area contributed by atoms with Gasteiger partial charge >= 0.3 is 0 Å². The number of halogens is 1. The standard InChI is InChI=1S/C22H27F/c1-3-5-16-7-9-19-15-20(11-10-18(19)13-16)21-12-8-17(6-4-2)14-22(21)23/h7-9,12-14,20H,3-6,10-11,15H2,1-2H3. The summed E-state index contributed by atoms with van der Waals surface area (Å²) in [5, 5.41) is 0. The molecule has 0 heterocycles. The Morgan fingerprint density at radius 2 is 1.61 bits per heavy atom. The van der Waals surface area contributed by atoms with Gasteiger partial charge in [0.2, 0.25) is 0 Å². The van der Waals surface area contributed by atoms with Gasteiger partial charge in [0.25, 0.3) is 0 Å². The van der Waals surface area contributed by atoms with Crippen LogP contribution in [-0.2, 0) is 25.7 Å². The Morgan fingerprint density at radius 3 is 2.30 bits per heavy atom. The van der Waals surface area contributed by atoms with Gasteiger partial charge in [-0.05, 0) is 71.9 Å². The normalized spacial score (nSPS) is 17.1. The second-order valence-corrected chi connectivity index (χ2v) is 6.90. The first-order valence-electron chi connectivity index (χ1n) is 9.10. The summed E-state index contributed by atoms with van der Waals surface area (Å²) in [6.45, 7) is 4.36. The zero-order chi connectivity index (χ0) is 16.2. The largest absolute Gasteiger partial charge is 0.207 e. The molecule has 1 heteroatoms. The number of hydrogen-bond donors (Lipinski definition) is 0. The highest BCUT2D eigenvalue weighted by atomic mass is 19.1. The van der Waals surface area contributed by atoms with Crippen LogP contribution in [0.25, 0.3) is 0 Å². The van der Waals surface area contributed by atoms with Crippen LogP contribution >= 0.6 is 0 Å². The Balaban J connectivity index is 1.79. The fourth-order valence-corrected chi connectivity index (χ4v) is 3.86. The molecule has 0 fully saturated rings. The van der Waals surface area contributed by atoms with Crippen molar-refractivity contribution in [1.29, 1.82) is 0 Å². The summed E-state index contributed by atoms with van der Waals surface area (Å²) >= 11 is 0. The van der Waals surface area contributed by atoms with Crippen molar-refractivity contribution in [2.75, 3.05) is 0 Å². The molecule has 0 radical (unpaired) electrons. The molecule has 122 valence electrons. The van der Waals surface area contributed by atoms with Crippen LogP contribution in [0.3, 0.4) is 0 Å².